The van der Waals surface area contributed by atoms with Gasteiger partial charge in [0.1, 0.15) is 11.5 Å². The fourth-order valence-electron chi connectivity index (χ4n) is 3.34. The van der Waals surface area contributed by atoms with Gasteiger partial charge in [-0.05, 0) is 56.2 Å². The van der Waals surface area contributed by atoms with Crippen molar-refractivity contribution in [2.75, 3.05) is 18.2 Å². The highest BCUT2D eigenvalue weighted by molar-refractivity contribution is 7.99. The van der Waals surface area contributed by atoms with Gasteiger partial charge < -0.3 is 24.7 Å². The predicted octanol–water partition coefficient (Wildman–Crippen LogP) is 4.34. The van der Waals surface area contributed by atoms with Gasteiger partial charge in [-0.2, -0.15) is 0 Å². The summed E-state index contributed by atoms with van der Waals surface area (Å²) in [5.41, 5.74) is 1.70. The molecule has 0 saturated carbocycles. The number of benzene rings is 2. The second-order valence-corrected chi connectivity index (χ2v) is 9.18. The van der Waals surface area contributed by atoms with Crippen molar-refractivity contribution in [3.05, 3.63) is 58.9 Å². The first-order valence-electron chi connectivity index (χ1n) is 11.6. The molecule has 0 aliphatic heterocycles. The second-order valence-electron chi connectivity index (χ2n) is 7.80. The van der Waals surface area contributed by atoms with Crippen molar-refractivity contribution in [3.8, 4) is 11.5 Å². The minimum atomic E-state index is -0.670. The van der Waals surface area contributed by atoms with Crippen LogP contribution in [-0.2, 0) is 29.1 Å². The number of ether oxygens (including phenoxy) is 2. The van der Waals surface area contributed by atoms with Crippen molar-refractivity contribution in [2.24, 2.45) is 0 Å². The van der Waals surface area contributed by atoms with Crippen molar-refractivity contribution in [2.45, 2.75) is 51.5 Å². The molecule has 9 nitrogen and oxygen atoms in total. The molecule has 0 saturated heterocycles. The minimum Gasteiger partial charge on any atom is -0.495 e. The zero-order valence-electron chi connectivity index (χ0n) is 20.7. The number of hydrogen-bond acceptors (Lipinski definition) is 7. The van der Waals surface area contributed by atoms with Crippen LogP contribution < -0.4 is 20.1 Å². The highest BCUT2D eigenvalue weighted by Gasteiger charge is 2.18. The number of nitrogens with zero attached hydrogens (tertiary/aromatic N) is 3. The lowest BCUT2D eigenvalue weighted by Crippen LogP contribution is -2.36. The van der Waals surface area contributed by atoms with Gasteiger partial charge >= 0.3 is 0 Å². The molecule has 2 aromatic carbocycles. The summed E-state index contributed by atoms with van der Waals surface area (Å²) in [5.74, 6) is 1.36. The zero-order valence-corrected chi connectivity index (χ0v) is 22.3. The van der Waals surface area contributed by atoms with E-state index < -0.39 is 6.10 Å². The van der Waals surface area contributed by atoms with E-state index >= 15 is 0 Å². The Morgan fingerprint density at radius 3 is 2.56 bits per heavy atom. The molecule has 0 unspecified atom stereocenters. The van der Waals surface area contributed by atoms with Crippen LogP contribution in [0.1, 0.15) is 32.2 Å². The van der Waals surface area contributed by atoms with Gasteiger partial charge in [-0.15, -0.1) is 10.2 Å². The average molecular weight is 532 g/mol. The maximum atomic E-state index is 12.5. The number of thioether (sulfide) groups is 1. The van der Waals surface area contributed by atoms with E-state index in [4.69, 9.17) is 21.1 Å². The predicted molar refractivity (Wildman–Crippen MR) is 141 cm³/mol. The van der Waals surface area contributed by atoms with Crippen molar-refractivity contribution in [1.82, 2.24) is 20.1 Å². The molecule has 1 heterocycles. The lowest BCUT2D eigenvalue weighted by molar-refractivity contribution is -0.127. The molecule has 2 N–H and O–H groups in total. The quantitative estimate of drug-likeness (QED) is 0.335. The highest BCUT2D eigenvalue weighted by Crippen LogP contribution is 2.28. The van der Waals surface area contributed by atoms with Crippen LogP contribution in [0.4, 0.5) is 5.69 Å². The standard InChI is InChI=1S/C25H30ClN5O4S/c1-5-17-7-10-19(11-8-17)35-16(3)24(33)27-14-22-29-30-25(31(22)6-2)36-15-23(32)28-20-13-18(26)9-12-21(20)34-4/h7-13,16H,5-6,14-15H2,1-4H3,(H,27,33)(H,28,32)/t16-/m0/s1. The Labute approximate surface area is 219 Å². The third-order valence-corrected chi connectivity index (χ3v) is 6.51. The van der Waals surface area contributed by atoms with Crippen molar-refractivity contribution < 1.29 is 19.1 Å². The third kappa shape index (κ3) is 7.38. The number of methoxy groups -OCH3 is 1. The Kier molecular flexibility index (Phi) is 10.0. The Morgan fingerprint density at radius 2 is 1.89 bits per heavy atom. The number of aromatic nitrogens is 3. The smallest absolute Gasteiger partial charge is 0.261 e. The molecule has 0 spiro atoms. The van der Waals surface area contributed by atoms with Gasteiger partial charge in [0, 0.05) is 11.6 Å². The molecule has 36 heavy (non-hydrogen) atoms. The number of anilines is 1. The number of carbonyl (C=O) groups is 2. The van der Waals surface area contributed by atoms with Crippen LogP contribution in [0, 0.1) is 0 Å². The maximum Gasteiger partial charge on any atom is 0.261 e. The molecule has 0 bridgehead atoms. The number of amides is 2. The Balaban J connectivity index is 1.53. The van der Waals surface area contributed by atoms with E-state index in [1.165, 1.54) is 24.4 Å². The number of nitrogens with one attached hydrogen (secondary N) is 2. The monoisotopic (exact) mass is 531 g/mol. The first kappa shape index (κ1) is 27.3. The molecule has 0 aliphatic carbocycles. The normalized spacial score (nSPS) is 11.6. The molecule has 1 atom stereocenters. The van der Waals surface area contributed by atoms with Crippen LogP contribution in [0.2, 0.25) is 5.02 Å². The molecule has 3 aromatic rings. The largest absolute Gasteiger partial charge is 0.495 e. The van der Waals surface area contributed by atoms with Crippen molar-refractivity contribution >= 4 is 40.9 Å². The van der Waals surface area contributed by atoms with E-state index in [9.17, 15) is 9.59 Å². The maximum absolute atomic E-state index is 12.5. The first-order chi connectivity index (χ1) is 17.3. The molecule has 0 radical (unpaired) electrons. The minimum absolute atomic E-state index is 0.113. The van der Waals surface area contributed by atoms with E-state index in [1.807, 2.05) is 35.8 Å². The zero-order chi connectivity index (χ0) is 26.1. The summed E-state index contributed by atoms with van der Waals surface area (Å²) in [5, 5.41) is 15.1. The SMILES string of the molecule is CCc1ccc(O[C@@H](C)C(=O)NCc2nnc(SCC(=O)Nc3cc(Cl)ccc3OC)n2CC)cc1. The number of halogens is 1. The number of aryl methyl sites for hydroxylation is 1. The lowest BCUT2D eigenvalue weighted by Gasteiger charge is -2.15. The number of rotatable bonds is 12. The molecular formula is C25H30ClN5O4S. The summed E-state index contributed by atoms with van der Waals surface area (Å²) in [7, 11) is 1.52. The summed E-state index contributed by atoms with van der Waals surface area (Å²) < 4.78 is 12.9. The van der Waals surface area contributed by atoms with Crippen LogP contribution in [0.5, 0.6) is 11.5 Å². The fourth-order valence-corrected chi connectivity index (χ4v) is 4.33. The van der Waals surface area contributed by atoms with E-state index in [0.717, 1.165) is 6.42 Å². The first-order valence-corrected chi connectivity index (χ1v) is 12.9. The van der Waals surface area contributed by atoms with E-state index in [2.05, 4.69) is 27.8 Å². The molecule has 1 aromatic heterocycles. The molecule has 3 rings (SSSR count). The van der Waals surface area contributed by atoms with Crippen LogP contribution >= 0.6 is 23.4 Å². The summed E-state index contributed by atoms with van der Waals surface area (Å²) in [4.78, 5) is 25.0. The summed E-state index contributed by atoms with van der Waals surface area (Å²) in [6, 6.07) is 12.7. The number of hydrogen-bond donors (Lipinski definition) is 2. The van der Waals surface area contributed by atoms with Gasteiger partial charge in [0.05, 0.1) is 25.1 Å². The molecule has 0 aliphatic rings. The van der Waals surface area contributed by atoms with E-state index in [0.29, 0.717) is 39.7 Å². The Bertz CT molecular complexity index is 1190. The van der Waals surface area contributed by atoms with Crippen LogP contribution in [-0.4, -0.2) is 45.5 Å². The van der Waals surface area contributed by atoms with Crippen molar-refractivity contribution in [1.29, 1.82) is 0 Å². The van der Waals surface area contributed by atoms with Gasteiger partial charge in [-0.25, -0.2) is 0 Å². The molecule has 2 amide bonds. The van der Waals surface area contributed by atoms with E-state index in [1.54, 1.807) is 25.1 Å². The fraction of sp³-hybridized carbons (Fsp3) is 0.360. The molecule has 11 heteroatoms. The van der Waals surface area contributed by atoms with Gasteiger partial charge in [-0.1, -0.05) is 42.4 Å². The Morgan fingerprint density at radius 1 is 1.14 bits per heavy atom. The van der Waals surface area contributed by atoms with Crippen molar-refractivity contribution in [3.63, 3.8) is 0 Å². The average Bonchev–Trinajstić information content (AvgIpc) is 3.28. The topological polar surface area (TPSA) is 107 Å². The van der Waals surface area contributed by atoms with E-state index in [-0.39, 0.29) is 24.1 Å². The molecule has 192 valence electrons. The highest BCUT2D eigenvalue weighted by atomic mass is 35.5. The third-order valence-electron chi connectivity index (χ3n) is 5.31. The summed E-state index contributed by atoms with van der Waals surface area (Å²) in [6.45, 7) is 6.50. The van der Waals surface area contributed by atoms with Crippen LogP contribution in [0.15, 0.2) is 47.6 Å². The summed E-state index contributed by atoms with van der Waals surface area (Å²) >= 11 is 7.27. The number of carbonyl (C=O) groups excluding carboxylic acids is 2. The molecule has 0 fully saturated rings. The van der Waals surface area contributed by atoms with Crippen LogP contribution in [0.25, 0.3) is 0 Å². The van der Waals surface area contributed by atoms with Gasteiger partial charge in [0.15, 0.2) is 17.1 Å². The lowest BCUT2D eigenvalue weighted by atomic mass is 10.2. The van der Waals surface area contributed by atoms with Gasteiger partial charge in [-0.3, -0.25) is 9.59 Å². The Hall–Kier alpha value is -3.24. The van der Waals surface area contributed by atoms with Gasteiger partial charge in [0.25, 0.3) is 5.91 Å². The summed E-state index contributed by atoms with van der Waals surface area (Å²) in [6.07, 6.45) is 0.271. The molecular weight excluding hydrogens is 502 g/mol. The van der Waals surface area contributed by atoms with Crippen LogP contribution in [0.3, 0.4) is 0 Å². The second kappa shape index (κ2) is 13.2. The van der Waals surface area contributed by atoms with Gasteiger partial charge in [0.2, 0.25) is 5.91 Å².